The second-order valence-corrected chi connectivity index (χ2v) is 8.76. The van der Waals surface area contributed by atoms with Gasteiger partial charge in [0.05, 0.1) is 17.9 Å². The Morgan fingerprint density at radius 2 is 1.63 bits per heavy atom. The van der Waals surface area contributed by atoms with E-state index in [9.17, 15) is 24.3 Å². The van der Waals surface area contributed by atoms with Gasteiger partial charge in [0, 0.05) is 23.0 Å². The predicted octanol–water partition coefficient (Wildman–Crippen LogP) is 5.04. The fourth-order valence-electron chi connectivity index (χ4n) is 3.65. The van der Waals surface area contributed by atoms with Crippen LogP contribution in [-0.4, -0.2) is 35.4 Å². The summed E-state index contributed by atoms with van der Waals surface area (Å²) in [5.74, 6) is -2.34. The number of nitrogens with zero attached hydrogens (tertiary/aromatic N) is 1. The van der Waals surface area contributed by atoms with Crippen molar-refractivity contribution < 1.29 is 29.0 Å². The van der Waals surface area contributed by atoms with Gasteiger partial charge in [0.2, 0.25) is 0 Å². The zero-order valence-electron chi connectivity index (χ0n) is 20.4. The number of benzene rings is 3. The molecule has 194 valence electrons. The largest absolute Gasteiger partial charge is 0.508 e. The minimum atomic E-state index is -0.727. The zero-order valence-corrected chi connectivity index (χ0v) is 21.1. The van der Waals surface area contributed by atoms with Crippen LogP contribution in [0.15, 0.2) is 83.5 Å². The number of nitrogens with one attached hydrogen (secondary N) is 2. The van der Waals surface area contributed by atoms with Crippen LogP contribution in [0.4, 0.5) is 17.1 Å². The van der Waals surface area contributed by atoms with Gasteiger partial charge in [-0.3, -0.25) is 14.4 Å². The van der Waals surface area contributed by atoms with Gasteiger partial charge in [0.15, 0.2) is 0 Å². The van der Waals surface area contributed by atoms with Crippen molar-refractivity contribution in [3.63, 3.8) is 0 Å². The quantitative estimate of drug-likeness (QED) is 0.200. The molecular formula is C28H24ClN3O6. The van der Waals surface area contributed by atoms with E-state index in [4.69, 9.17) is 16.3 Å². The van der Waals surface area contributed by atoms with Crippen LogP contribution in [0.25, 0.3) is 0 Å². The molecule has 0 radical (unpaired) electrons. The number of ether oxygens (including phenoxy) is 1. The number of hydrogen-bond acceptors (Lipinski definition) is 7. The van der Waals surface area contributed by atoms with Crippen molar-refractivity contribution in [3.05, 3.63) is 94.7 Å². The van der Waals surface area contributed by atoms with E-state index in [2.05, 4.69) is 10.6 Å². The summed E-state index contributed by atoms with van der Waals surface area (Å²) in [6, 6.07) is 18.3. The maximum absolute atomic E-state index is 13.1. The summed E-state index contributed by atoms with van der Waals surface area (Å²) in [5.41, 5.74) is 1.42. The van der Waals surface area contributed by atoms with E-state index in [1.54, 1.807) is 30.3 Å². The molecule has 3 amide bonds. The lowest BCUT2D eigenvalue weighted by Gasteiger charge is -2.15. The molecule has 38 heavy (non-hydrogen) atoms. The lowest BCUT2D eigenvalue weighted by Crippen LogP contribution is -2.32. The SMILES string of the molecule is CCCCOC(=O)c1ccc(N2C(=O)C(Cl)=C(Nc3cccc(C(=O)Nc4cccc(O)c4)c3)C2=O)cc1. The number of anilines is 3. The third-order valence-corrected chi connectivity index (χ3v) is 5.97. The normalized spacial score (nSPS) is 13.1. The standard InChI is InChI=1S/C28H24ClN3O6/c1-2-3-14-38-28(37)17-10-12-21(13-11-17)32-26(35)23(29)24(27(32)36)30-19-7-4-6-18(15-19)25(34)31-20-8-5-9-22(33)16-20/h4-13,15-16,30,33H,2-3,14H2,1H3,(H,31,34). The summed E-state index contributed by atoms with van der Waals surface area (Å²) in [4.78, 5) is 51.6. The van der Waals surface area contributed by atoms with E-state index in [1.165, 1.54) is 42.5 Å². The van der Waals surface area contributed by atoms with E-state index in [0.717, 1.165) is 17.7 Å². The number of phenolic OH excluding ortho intramolecular Hbond substituents is 1. The lowest BCUT2D eigenvalue weighted by atomic mass is 10.1. The molecule has 0 aromatic heterocycles. The highest BCUT2D eigenvalue weighted by Gasteiger charge is 2.39. The van der Waals surface area contributed by atoms with Crippen LogP contribution >= 0.6 is 11.6 Å². The van der Waals surface area contributed by atoms with Crippen LogP contribution in [0, 0.1) is 0 Å². The molecule has 0 unspecified atom stereocenters. The maximum Gasteiger partial charge on any atom is 0.338 e. The monoisotopic (exact) mass is 533 g/mol. The average Bonchev–Trinajstić information content (AvgIpc) is 3.12. The minimum Gasteiger partial charge on any atom is -0.508 e. The smallest absolute Gasteiger partial charge is 0.338 e. The number of amides is 3. The molecule has 0 atom stereocenters. The van der Waals surface area contributed by atoms with Gasteiger partial charge < -0.3 is 20.5 Å². The molecule has 3 aromatic carbocycles. The number of rotatable bonds is 9. The Morgan fingerprint density at radius 3 is 2.34 bits per heavy atom. The van der Waals surface area contributed by atoms with Gasteiger partial charge in [-0.25, -0.2) is 9.69 Å². The number of imide groups is 1. The molecule has 0 saturated heterocycles. The second-order valence-electron chi connectivity index (χ2n) is 8.38. The van der Waals surface area contributed by atoms with Gasteiger partial charge in [-0.05, 0) is 61.0 Å². The van der Waals surface area contributed by atoms with E-state index in [1.807, 2.05) is 6.92 Å². The Bertz CT molecular complexity index is 1430. The fraction of sp³-hybridized carbons (Fsp3) is 0.143. The highest BCUT2D eigenvalue weighted by atomic mass is 35.5. The molecular weight excluding hydrogens is 510 g/mol. The van der Waals surface area contributed by atoms with Crippen LogP contribution in [0.3, 0.4) is 0 Å². The van der Waals surface area contributed by atoms with Crippen molar-refractivity contribution in [2.24, 2.45) is 0 Å². The van der Waals surface area contributed by atoms with Gasteiger partial charge in [-0.15, -0.1) is 0 Å². The summed E-state index contributed by atoms with van der Waals surface area (Å²) < 4.78 is 5.18. The number of carbonyl (C=O) groups is 4. The van der Waals surface area contributed by atoms with Crippen molar-refractivity contribution in [1.29, 1.82) is 0 Å². The third kappa shape index (κ3) is 5.84. The highest BCUT2D eigenvalue weighted by molar-refractivity contribution is 6.53. The van der Waals surface area contributed by atoms with Crippen molar-refractivity contribution in [2.75, 3.05) is 22.1 Å². The summed E-state index contributed by atoms with van der Waals surface area (Å²) in [5, 5.41) is 14.8. The summed E-state index contributed by atoms with van der Waals surface area (Å²) in [7, 11) is 0. The Kier molecular flexibility index (Phi) is 8.08. The first-order chi connectivity index (χ1) is 18.3. The minimum absolute atomic E-state index is 0.00955. The van der Waals surface area contributed by atoms with Crippen LogP contribution < -0.4 is 15.5 Å². The number of unbranched alkanes of at least 4 members (excludes halogenated alkanes) is 1. The molecule has 10 heteroatoms. The molecule has 0 spiro atoms. The third-order valence-electron chi connectivity index (χ3n) is 5.62. The highest BCUT2D eigenvalue weighted by Crippen LogP contribution is 2.30. The molecule has 0 bridgehead atoms. The van der Waals surface area contributed by atoms with Gasteiger partial charge >= 0.3 is 5.97 Å². The molecule has 0 saturated carbocycles. The molecule has 3 N–H and O–H groups in total. The van der Waals surface area contributed by atoms with E-state index >= 15 is 0 Å². The van der Waals surface area contributed by atoms with Crippen LogP contribution in [0.5, 0.6) is 5.75 Å². The summed E-state index contributed by atoms with van der Waals surface area (Å²) >= 11 is 6.22. The molecule has 4 rings (SSSR count). The molecule has 1 heterocycles. The van der Waals surface area contributed by atoms with E-state index in [-0.39, 0.29) is 27.7 Å². The van der Waals surface area contributed by atoms with Gasteiger partial charge in [0.1, 0.15) is 16.5 Å². The van der Waals surface area contributed by atoms with E-state index in [0.29, 0.717) is 23.5 Å². The average molecular weight is 534 g/mol. The number of halogens is 1. The first-order valence-electron chi connectivity index (χ1n) is 11.8. The number of carbonyl (C=O) groups excluding carboxylic acids is 4. The number of esters is 1. The fourth-order valence-corrected chi connectivity index (χ4v) is 3.87. The molecule has 1 aliphatic rings. The van der Waals surface area contributed by atoms with Crippen molar-refractivity contribution in [3.8, 4) is 5.75 Å². The van der Waals surface area contributed by atoms with Crippen molar-refractivity contribution in [2.45, 2.75) is 19.8 Å². The van der Waals surface area contributed by atoms with Gasteiger partial charge in [0.25, 0.3) is 17.7 Å². The Hall–Kier alpha value is -4.63. The Morgan fingerprint density at radius 1 is 0.921 bits per heavy atom. The lowest BCUT2D eigenvalue weighted by molar-refractivity contribution is -0.120. The molecule has 0 fully saturated rings. The number of hydrogen-bond donors (Lipinski definition) is 3. The molecule has 0 aliphatic carbocycles. The molecule has 9 nitrogen and oxygen atoms in total. The first kappa shape index (κ1) is 26.4. The van der Waals surface area contributed by atoms with Crippen molar-refractivity contribution >= 4 is 52.4 Å². The van der Waals surface area contributed by atoms with Crippen LogP contribution in [0.1, 0.15) is 40.5 Å². The van der Waals surface area contributed by atoms with Crippen LogP contribution in [0.2, 0.25) is 0 Å². The Balaban J connectivity index is 1.46. The molecule has 1 aliphatic heterocycles. The number of phenols is 1. The second kappa shape index (κ2) is 11.6. The van der Waals surface area contributed by atoms with Gasteiger partial charge in [-0.2, -0.15) is 0 Å². The zero-order chi connectivity index (χ0) is 27.2. The topological polar surface area (TPSA) is 125 Å². The van der Waals surface area contributed by atoms with E-state index < -0.39 is 23.7 Å². The van der Waals surface area contributed by atoms with Crippen LogP contribution in [-0.2, 0) is 14.3 Å². The van der Waals surface area contributed by atoms with Gasteiger partial charge in [-0.1, -0.05) is 37.1 Å². The number of aromatic hydroxyl groups is 1. The summed E-state index contributed by atoms with van der Waals surface area (Å²) in [6.07, 6.45) is 1.65. The molecule has 3 aromatic rings. The Labute approximate surface area is 223 Å². The van der Waals surface area contributed by atoms with Crippen molar-refractivity contribution in [1.82, 2.24) is 0 Å². The summed E-state index contributed by atoms with van der Waals surface area (Å²) in [6.45, 7) is 2.30. The maximum atomic E-state index is 13.1. The predicted molar refractivity (Wildman–Crippen MR) is 143 cm³/mol. The first-order valence-corrected chi connectivity index (χ1v) is 12.2.